The molecular weight excluding hydrogens is 484 g/mol. The van der Waals surface area contributed by atoms with Gasteiger partial charge in [0.1, 0.15) is 0 Å². The van der Waals surface area contributed by atoms with Gasteiger partial charge >= 0.3 is 0 Å². The molecular formula is C25H23BrN4OS. The Bertz CT molecular complexity index is 1210. The van der Waals surface area contributed by atoms with Gasteiger partial charge in [-0.15, -0.1) is 10.2 Å². The third kappa shape index (κ3) is 5.11. The number of rotatable bonds is 7. The van der Waals surface area contributed by atoms with E-state index in [0.717, 1.165) is 32.8 Å². The zero-order valence-electron chi connectivity index (χ0n) is 17.8. The molecule has 0 atom stereocenters. The first-order valence-corrected chi connectivity index (χ1v) is 12.1. The molecule has 5 nitrogen and oxygen atoms in total. The number of carbonyl (C=O) groups excluding carboxylic acids is 1. The van der Waals surface area contributed by atoms with Gasteiger partial charge in [0.05, 0.1) is 5.75 Å². The third-order valence-electron chi connectivity index (χ3n) is 4.92. The molecule has 0 saturated heterocycles. The van der Waals surface area contributed by atoms with E-state index in [-0.39, 0.29) is 11.7 Å². The lowest BCUT2D eigenvalue weighted by Crippen LogP contribution is -2.16. The van der Waals surface area contributed by atoms with Crippen molar-refractivity contribution in [2.75, 3.05) is 11.1 Å². The van der Waals surface area contributed by atoms with Gasteiger partial charge in [-0.2, -0.15) is 0 Å². The Morgan fingerprint density at radius 3 is 2.38 bits per heavy atom. The topological polar surface area (TPSA) is 59.8 Å². The van der Waals surface area contributed by atoms with E-state index in [0.29, 0.717) is 11.1 Å². The summed E-state index contributed by atoms with van der Waals surface area (Å²) in [7, 11) is 0. The van der Waals surface area contributed by atoms with Crippen LogP contribution in [0.5, 0.6) is 0 Å². The molecule has 1 aromatic heterocycles. The summed E-state index contributed by atoms with van der Waals surface area (Å²) in [4.78, 5) is 12.8. The summed E-state index contributed by atoms with van der Waals surface area (Å²) in [5.74, 6) is 1.19. The van der Waals surface area contributed by atoms with Crippen LogP contribution in [0.2, 0.25) is 0 Å². The molecule has 162 valence electrons. The molecule has 0 radical (unpaired) electrons. The molecule has 0 unspecified atom stereocenters. The number of nitrogens with one attached hydrogen (secondary N) is 1. The van der Waals surface area contributed by atoms with Crippen LogP contribution in [0.4, 0.5) is 5.69 Å². The van der Waals surface area contributed by atoms with Crippen molar-refractivity contribution in [3.63, 3.8) is 0 Å². The highest BCUT2D eigenvalue weighted by molar-refractivity contribution is 9.10. The summed E-state index contributed by atoms with van der Waals surface area (Å²) in [6.45, 7) is 4.22. The summed E-state index contributed by atoms with van der Waals surface area (Å²) < 4.78 is 2.99. The van der Waals surface area contributed by atoms with Crippen molar-refractivity contribution < 1.29 is 4.79 Å². The van der Waals surface area contributed by atoms with E-state index in [1.807, 2.05) is 83.4 Å². The molecule has 0 bridgehead atoms. The smallest absolute Gasteiger partial charge is 0.234 e. The van der Waals surface area contributed by atoms with Gasteiger partial charge in [0.2, 0.25) is 5.91 Å². The summed E-state index contributed by atoms with van der Waals surface area (Å²) in [5.41, 5.74) is 3.85. The number of para-hydroxylation sites is 1. The fraction of sp³-hybridized carbons (Fsp3) is 0.160. The molecule has 1 amide bonds. The maximum atomic E-state index is 12.8. The molecule has 32 heavy (non-hydrogen) atoms. The predicted octanol–water partition coefficient (Wildman–Crippen LogP) is 6.55. The van der Waals surface area contributed by atoms with Crippen molar-refractivity contribution in [2.24, 2.45) is 0 Å². The Labute approximate surface area is 200 Å². The van der Waals surface area contributed by atoms with Crippen LogP contribution in [0.3, 0.4) is 0 Å². The minimum Gasteiger partial charge on any atom is -0.325 e. The van der Waals surface area contributed by atoms with Gasteiger partial charge in [-0.1, -0.05) is 90.1 Å². The van der Waals surface area contributed by atoms with Crippen molar-refractivity contribution in [3.05, 3.63) is 88.9 Å². The summed E-state index contributed by atoms with van der Waals surface area (Å²) in [6, 6.07) is 25.8. The van der Waals surface area contributed by atoms with E-state index in [1.54, 1.807) is 0 Å². The third-order valence-corrected chi connectivity index (χ3v) is 6.34. The largest absolute Gasteiger partial charge is 0.325 e. The molecule has 1 heterocycles. The number of hydrogen-bond acceptors (Lipinski definition) is 4. The number of thioether (sulfide) groups is 1. The molecule has 4 aromatic rings. The van der Waals surface area contributed by atoms with Gasteiger partial charge < -0.3 is 5.32 Å². The van der Waals surface area contributed by atoms with E-state index in [4.69, 9.17) is 0 Å². The van der Waals surface area contributed by atoms with Crippen molar-refractivity contribution in [1.29, 1.82) is 0 Å². The molecule has 7 heteroatoms. The van der Waals surface area contributed by atoms with Crippen molar-refractivity contribution in [2.45, 2.75) is 24.9 Å². The number of carbonyl (C=O) groups is 1. The number of benzene rings is 3. The minimum absolute atomic E-state index is 0.0805. The van der Waals surface area contributed by atoms with Crippen LogP contribution in [0.1, 0.15) is 25.3 Å². The molecule has 0 spiro atoms. The fourth-order valence-corrected chi connectivity index (χ4v) is 4.52. The highest BCUT2D eigenvalue weighted by Crippen LogP contribution is 2.30. The number of amides is 1. The molecule has 3 aromatic carbocycles. The van der Waals surface area contributed by atoms with Gasteiger partial charge in [-0.25, -0.2) is 0 Å². The standard InChI is InChI=1S/C25H23BrN4OS/c1-17(2)21-15-19(26)13-14-22(21)27-23(31)16-32-25-29-28-24(18-9-5-3-6-10-18)30(25)20-11-7-4-8-12-20/h3-15,17H,16H2,1-2H3,(H,27,31). The Morgan fingerprint density at radius 2 is 1.69 bits per heavy atom. The van der Waals surface area contributed by atoms with E-state index in [1.165, 1.54) is 11.8 Å². The lowest BCUT2D eigenvalue weighted by molar-refractivity contribution is -0.113. The quantitative estimate of drug-likeness (QED) is 0.288. The molecule has 4 rings (SSSR count). The molecule has 0 aliphatic carbocycles. The molecule has 0 fully saturated rings. The second kappa shape index (κ2) is 10.1. The van der Waals surface area contributed by atoms with Crippen molar-refractivity contribution in [3.8, 4) is 17.1 Å². The van der Waals surface area contributed by atoms with Crippen LogP contribution in [-0.4, -0.2) is 26.4 Å². The molecule has 0 aliphatic rings. The maximum Gasteiger partial charge on any atom is 0.234 e. The number of hydrogen-bond donors (Lipinski definition) is 1. The minimum atomic E-state index is -0.0805. The zero-order chi connectivity index (χ0) is 22.5. The maximum absolute atomic E-state index is 12.8. The highest BCUT2D eigenvalue weighted by Gasteiger charge is 2.18. The van der Waals surface area contributed by atoms with Gasteiger partial charge in [0, 0.05) is 21.4 Å². The number of aromatic nitrogens is 3. The van der Waals surface area contributed by atoms with Crippen molar-refractivity contribution >= 4 is 39.3 Å². The number of halogens is 1. The summed E-state index contributed by atoms with van der Waals surface area (Å²) >= 11 is 4.88. The average Bonchev–Trinajstić information content (AvgIpc) is 3.24. The van der Waals surface area contributed by atoms with Crippen LogP contribution in [0, 0.1) is 0 Å². The lowest BCUT2D eigenvalue weighted by Gasteiger charge is -2.14. The number of nitrogens with zero attached hydrogens (tertiary/aromatic N) is 3. The van der Waals surface area contributed by atoms with Crippen LogP contribution >= 0.6 is 27.7 Å². The van der Waals surface area contributed by atoms with Crippen LogP contribution in [0.25, 0.3) is 17.1 Å². The SMILES string of the molecule is CC(C)c1cc(Br)ccc1NC(=O)CSc1nnc(-c2ccccc2)n1-c1ccccc1. The summed E-state index contributed by atoms with van der Waals surface area (Å²) in [5, 5.41) is 12.5. The van der Waals surface area contributed by atoms with Crippen molar-refractivity contribution in [1.82, 2.24) is 14.8 Å². The van der Waals surface area contributed by atoms with Crippen LogP contribution in [0.15, 0.2) is 88.5 Å². The second-order valence-electron chi connectivity index (χ2n) is 7.57. The Hall–Kier alpha value is -2.90. The normalized spacial score (nSPS) is 11.0. The van der Waals surface area contributed by atoms with Gasteiger partial charge in [-0.05, 0) is 41.8 Å². The zero-order valence-corrected chi connectivity index (χ0v) is 20.2. The highest BCUT2D eigenvalue weighted by atomic mass is 79.9. The van der Waals surface area contributed by atoms with Gasteiger partial charge in [-0.3, -0.25) is 9.36 Å². The summed E-state index contributed by atoms with van der Waals surface area (Å²) in [6.07, 6.45) is 0. The monoisotopic (exact) mass is 506 g/mol. The Kier molecular flexibility index (Phi) is 7.07. The number of anilines is 1. The first-order valence-electron chi connectivity index (χ1n) is 10.3. The average molecular weight is 507 g/mol. The first-order chi connectivity index (χ1) is 15.5. The van der Waals surface area contributed by atoms with E-state index >= 15 is 0 Å². The molecule has 0 saturated carbocycles. The fourth-order valence-electron chi connectivity index (χ4n) is 3.39. The van der Waals surface area contributed by atoms with E-state index in [9.17, 15) is 4.79 Å². The van der Waals surface area contributed by atoms with E-state index in [2.05, 4.69) is 45.3 Å². The van der Waals surface area contributed by atoms with E-state index < -0.39 is 0 Å². The Balaban J connectivity index is 1.57. The Morgan fingerprint density at radius 1 is 1.00 bits per heavy atom. The molecule has 1 N–H and O–H groups in total. The molecule has 0 aliphatic heterocycles. The van der Waals surface area contributed by atoms with Crippen LogP contribution in [-0.2, 0) is 4.79 Å². The van der Waals surface area contributed by atoms with Gasteiger partial charge in [0.15, 0.2) is 11.0 Å². The first kappa shape index (κ1) is 22.3. The van der Waals surface area contributed by atoms with Gasteiger partial charge in [0.25, 0.3) is 0 Å². The predicted molar refractivity (Wildman–Crippen MR) is 134 cm³/mol. The lowest BCUT2D eigenvalue weighted by atomic mass is 10.0. The van der Waals surface area contributed by atoms with Crippen LogP contribution < -0.4 is 5.32 Å². The second-order valence-corrected chi connectivity index (χ2v) is 9.42.